The molecule has 0 aromatic heterocycles. The Labute approximate surface area is 94.6 Å². The van der Waals surface area contributed by atoms with E-state index >= 15 is 0 Å². The van der Waals surface area contributed by atoms with E-state index in [0.717, 1.165) is 29.2 Å². The molecule has 0 atom stereocenters. The van der Waals surface area contributed by atoms with Crippen molar-refractivity contribution in [1.82, 2.24) is 0 Å². The van der Waals surface area contributed by atoms with Gasteiger partial charge >= 0.3 is 0 Å². The second kappa shape index (κ2) is 4.54. The van der Waals surface area contributed by atoms with Gasteiger partial charge in [0.05, 0.1) is 6.61 Å². The highest BCUT2D eigenvalue weighted by molar-refractivity contribution is 6.31. The van der Waals surface area contributed by atoms with Crippen LogP contribution in [0.15, 0.2) is 36.4 Å². The van der Waals surface area contributed by atoms with Gasteiger partial charge in [-0.25, -0.2) is 0 Å². The number of hydrogen-bond acceptors (Lipinski definition) is 1. The first-order valence-corrected chi connectivity index (χ1v) is 5.49. The van der Waals surface area contributed by atoms with Gasteiger partial charge in [-0.1, -0.05) is 30.7 Å². The van der Waals surface area contributed by atoms with Gasteiger partial charge in [0.25, 0.3) is 0 Å². The molecule has 2 rings (SSSR count). The van der Waals surface area contributed by atoms with Gasteiger partial charge in [-0.2, -0.15) is 0 Å². The Morgan fingerprint density at radius 2 is 1.87 bits per heavy atom. The molecule has 0 aliphatic rings. The molecule has 0 bridgehead atoms. The predicted octanol–water partition coefficient (Wildman–Crippen LogP) is 4.28. The van der Waals surface area contributed by atoms with Crippen molar-refractivity contribution in [3.63, 3.8) is 0 Å². The van der Waals surface area contributed by atoms with Crippen LogP contribution in [0.25, 0.3) is 10.8 Å². The number of hydrogen-bond donors (Lipinski definition) is 0. The molecule has 1 nitrogen and oxygen atoms in total. The SMILES string of the molecule is CCCOc1ccc2ccc(Cl)cc2c1. The monoisotopic (exact) mass is 220 g/mol. The van der Waals surface area contributed by atoms with Crippen LogP contribution in [0, 0.1) is 0 Å². The predicted molar refractivity (Wildman–Crippen MR) is 64.7 cm³/mol. The minimum atomic E-state index is 0.756. The summed E-state index contributed by atoms with van der Waals surface area (Å²) in [5, 5.41) is 3.06. The first-order chi connectivity index (χ1) is 7.29. The molecule has 0 fully saturated rings. The molecule has 0 spiro atoms. The highest BCUT2D eigenvalue weighted by atomic mass is 35.5. The summed E-state index contributed by atoms with van der Waals surface area (Å²) in [6, 6.07) is 11.9. The molecule has 0 saturated carbocycles. The summed E-state index contributed by atoms with van der Waals surface area (Å²) in [7, 11) is 0. The van der Waals surface area contributed by atoms with Gasteiger partial charge in [-0.15, -0.1) is 0 Å². The van der Waals surface area contributed by atoms with Gasteiger partial charge in [0, 0.05) is 5.02 Å². The summed E-state index contributed by atoms with van der Waals surface area (Å²) in [5.74, 6) is 0.909. The van der Waals surface area contributed by atoms with Gasteiger partial charge in [-0.3, -0.25) is 0 Å². The van der Waals surface area contributed by atoms with Gasteiger partial charge in [-0.05, 0) is 41.5 Å². The molecular weight excluding hydrogens is 208 g/mol. The van der Waals surface area contributed by atoms with Crippen molar-refractivity contribution < 1.29 is 4.74 Å². The van der Waals surface area contributed by atoms with Crippen LogP contribution in [0.1, 0.15) is 13.3 Å². The third-order valence-corrected chi connectivity index (χ3v) is 2.48. The maximum absolute atomic E-state index is 5.93. The molecule has 0 radical (unpaired) electrons. The van der Waals surface area contributed by atoms with Crippen LogP contribution in [0.4, 0.5) is 0 Å². The van der Waals surface area contributed by atoms with Crippen molar-refractivity contribution in [2.45, 2.75) is 13.3 Å². The smallest absolute Gasteiger partial charge is 0.119 e. The average Bonchev–Trinajstić information content (AvgIpc) is 2.25. The van der Waals surface area contributed by atoms with Crippen LogP contribution in [0.3, 0.4) is 0 Å². The van der Waals surface area contributed by atoms with Crippen LogP contribution in [-0.4, -0.2) is 6.61 Å². The number of fused-ring (bicyclic) bond motifs is 1. The summed E-state index contributed by atoms with van der Waals surface area (Å²) >= 11 is 5.93. The normalized spacial score (nSPS) is 10.5. The van der Waals surface area contributed by atoms with Crippen molar-refractivity contribution in [1.29, 1.82) is 0 Å². The summed E-state index contributed by atoms with van der Waals surface area (Å²) < 4.78 is 5.56. The lowest BCUT2D eigenvalue weighted by atomic mass is 10.1. The lowest BCUT2D eigenvalue weighted by Gasteiger charge is -2.05. The van der Waals surface area contributed by atoms with Gasteiger partial charge in [0.2, 0.25) is 0 Å². The van der Waals surface area contributed by atoms with E-state index in [2.05, 4.69) is 13.0 Å². The third-order valence-electron chi connectivity index (χ3n) is 2.25. The summed E-state index contributed by atoms with van der Waals surface area (Å²) in [6.45, 7) is 2.85. The van der Waals surface area contributed by atoms with Crippen molar-refractivity contribution in [3.8, 4) is 5.75 Å². The summed E-state index contributed by atoms with van der Waals surface area (Å²) in [5.41, 5.74) is 0. The number of benzene rings is 2. The standard InChI is InChI=1S/C13H13ClO/c1-2-7-15-13-6-4-10-3-5-12(14)8-11(10)9-13/h3-6,8-9H,2,7H2,1H3. The van der Waals surface area contributed by atoms with E-state index in [1.807, 2.05) is 30.3 Å². The second-order valence-corrected chi connectivity index (χ2v) is 3.94. The Balaban J connectivity index is 2.36. The summed E-state index contributed by atoms with van der Waals surface area (Å²) in [4.78, 5) is 0. The quantitative estimate of drug-likeness (QED) is 0.750. The molecule has 0 heterocycles. The lowest BCUT2D eigenvalue weighted by Crippen LogP contribution is -1.94. The topological polar surface area (TPSA) is 9.23 Å². The molecule has 78 valence electrons. The highest BCUT2D eigenvalue weighted by Gasteiger charge is 1.97. The molecule has 0 unspecified atom stereocenters. The van der Waals surface area contributed by atoms with Crippen LogP contribution < -0.4 is 4.74 Å². The first-order valence-electron chi connectivity index (χ1n) is 5.11. The molecule has 0 amide bonds. The second-order valence-electron chi connectivity index (χ2n) is 3.50. The van der Waals surface area contributed by atoms with Gasteiger partial charge < -0.3 is 4.74 Å². The Kier molecular flexibility index (Phi) is 3.12. The van der Waals surface area contributed by atoms with Crippen molar-refractivity contribution >= 4 is 22.4 Å². The molecule has 2 heteroatoms. The Bertz CT molecular complexity index is 465. The van der Waals surface area contributed by atoms with Crippen LogP contribution >= 0.6 is 11.6 Å². The van der Waals surface area contributed by atoms with Gasteiger partial charge in [0.1, 0.15) is 5.75 Å². The van der Waals surface area contributed by atoms with E-state index in [0.29, 0.717) is 0 Å². The van der Waals surface area contributed by atoms with Crippen LogP contribution in [-0.2, 0) is 0 Å². The lowest BCUT2D eigenvalue weighted by molar-refractivity contribution is 0.318. The number of ether oxygens (including phenoxy) is 1. The minimum Gasteiger partial charge on any atom is -0.494 e. The van der Waals surface area contributed by atoms with E-state index in [-0.39, 0.29) is 0 Å². The van der Waals surface area contributed by atoms with E-state index in [1.54, 1.807) is 0 Å². The van der Waals surface area contributed by atoms with E-state index in [4.69, 9.17) is 16.3 Å². The largest absolute Gasteiger partial charge is 0.494 e. The van der Waals surface area contributed by atoms with Gasteiger partial charge in [0.15, 0.2) is 0 Å². The molecule has 0 N–H and O–H groups in total. The fourth-order valence-corrected chi connectivity index (χ4v) is 1.69. The highest BCUT2D eigenvalue weighted by Crippen LogP contribution is 2.23. The maximum Gasteiger partial charge on any atom is 0.119 e. The van der Waals surface area contributed by atoms with Crippen molar-refractivity contribution in [2.75, 3.05) is 6.61 Å². The average molecular weight is 221 g/mol. The Hall–Kier alpha value is -1.21. The van der Waals surface area contributed by atoms with Crippen molar-refractivity contribution in [3.05, 3.63) is 41.4 Å². The van der Waals surface area contributed by atoms with E-state index < -0.39 is 0 Å². The summed E-state index contributed by atoms with van der Waals surface area (Å²) in [6.07, 6.45) is 1.02. The molecule has 0 saturated heterocycles. The first kappa shape index (κ1) is 10.3. The number of rotatable bonds is 3. The van der Waals surface area contributed by atoms with Crippen LogP contribution in [0.2, 0.25) is 5.02 Å². The zero-order valence-electron chi connectivity index (χ0n) is 8.66. The molecule has 2 aromatic carbocycles. The fourth-order valence-electron chi connectivity index (χ4n) is 1.51. The molecular formula is C13H13ClO. The zero-order valence-corrected chi connectivity index (χ0v) is 9.42. The molecule has 0 aliphatic heterocycles. The van der Waals surface area contributed by atoms with Crippen LogP contribution in [0.5, 0.6) is 5.75 Å². The van der Waals surface area contributed by atoms with Crippen molar-refractivity contribution in [2.24, 2.45) is 0 Å². The van der Waals surface area contributed by atoms with E-state index in [9.17, 15) is 0 Å². The third kappa shape index (κ3) is 2.42. The Morgan fingerprint density at radius 1 is 1.07 bits per heavy atom. The van der Waals surface area contributed by atoms with E-state index in [1.165, 1.54) is 5.39 Å². The zero-order chi connectivity index (χ0) is 10.7. The molecule has 2 aromatic rings. The maximum atomic E-state index is 5.93. The Morgan fingerprint density at radius 3 is 2.67 bits per heavy atom. The minimum absolute atomic E-state index is 0.756. The number of halogens is 1. The molecule has 0 aliphatic carbocycles. The fraction of sp³-hybridized carbons (Fsp3) is 0.231. The molecule has 15 heavy (non-hydrogen) atoms.